The number of rotatable bonds is 4. The number of hydrogen-bond acceptors (Lipinski definition) is 5. The molecule has 2 rings (SSSR count). The van der Waals surface area contributed by atoms with E-state index in [0.29, 0.717) is 18.2 Å². The zero-order chi connectivity index (χ0) is 13.7. The van der Waals surface area contributed by atoms with Crippen LogP contribution in [0.2, 0.25) is 0 Å². The van der Waals surface area contributed by atoms with Gasteiger partial charge in [-0.1, -0.05) is 0 Å². The molecule has 0 fully saturated rings. The third-order valence-corrected chi connectivity index (χ3v) is 3.11. The fourth-order valence-corrected chi connectivity index (χ4v) is 1.97. The van der Waals surface area contributed by atoms with E-state index < -0.39 is 11.8 Å². The SMILES string of the molecule is Cc1nccn1CCNC(=O)C(=O)Nc1nccs1. The average molecular weight is 279 g/mol. The number of aromatic nitrogens is 3. The molecule has 0 aliphatic carbocycles. The second-order valence-electron chi connectivity index (χ2n) is 3.72. The summed E-state index contributed by atoms with van der Waals surface area (Å²) in [4.78, 5) is 30.9. The molecule has 0 atom stereocenters. The lowest BCUT2D eigenvalue weighted by Gasteiger charge is -2.06. The maximum Gasteiger partial charge on any atom is 0.315 e. The van der Waals surface area contributed by atoms with Gasteiger partial charge in [0.15, 0.2) is 5.13 Å². The molecule has 0 aliphatic rings. The Labute approximate surface area is 113 Å². The van der Waals surface area contributed by atoms with Crippen LogP contribution in [0.15, 0.2) is 24.0 Å². The molecular formula is C11H13N5O2S. The quantitative estimate of drug-likeness (QED) is 0.793. The van der Waals surface area contributed by atoms with Gasteiger partial charge in [0.1, 0.15) is 5.82 Å². The van der Waals surface area contributed by atoms with Gasteiger partial charge in [0.25, 0.3) is 0 Å². The van der Waals surface area contributed by atoms with E-state index >= 15 is 0 Å². The van der Waals surface area contributed by atoms with Crippen molar-refractivity contribution >= 4 is 28.3 Å². The largest absolute Gasteiger partial charge is 0.346 e. The molecule has 2 aromatic rings. The Hall–Kier alpha value is -2.22. The first kappa shape index (κ1) is 13.2. The summed E-state index contributed by atoms with van der Waals surface area (Å²) in [6, 6.07) is 0. The minimum absolute atomic E-state index is 0.362. The molecule has 0 unspecified atom stereocenters. The lowest BCUT2D eigenvalue weighted by Crippen LogP contribution is -2.37. The minimum Gasteiger partial charge on any atom is -0.346 e. The van der Waals surface area contributed by atoms with Gasteiger partial charge in [-0.25, -0.2) is 9.97 Å². The molecule has 0 spiro atoms. The van der Waals surface area contributed by atoms with Gasteiger partial charge in [-0.05, 0) is 6.92 Å². The Bertz CT molecular complexity index is 563. The molecule has 7 nitrogen and oxygen atoms in total. The van der Waals surface area contributed by atoms with Crippen LogP contribution in [-0.4, -0.2) is 32.9 Å². The van der Waals surface area contributed by atoms with Crippen molar-refractivity contribution in [3.8, 4) is 0 Å². The molecular weight excluding hydrogens is 266 g/mol. The Morgan fingerprint density at radius 2 is 2.16 bits per heavy atom. The van der Waals surface area contributed by atoms with E-state index in [4.69, 9.17) is 0 Å². The number of nitrogens with zero attached hydrogens (tertiary/aromatic N) is 3. The summed E-state index contributed by atoms with van der Waals surface area (Å²) in [6.45, 7) is 2.81. The summed E-state index contributed by atoms with van der Waals surface area (Å²) >= 11 is 1.26. The topological polar surface area (TPSA) is 88.9 Å². The van der Waals surface area contributed by atoms with Crippen molar-refractivity contribution in [2.75, 3.05) is 11.9 Å². The van der Waals surface area contributed by atoms with Crippen LogP contribution in [0.1, 0.15) is 5.82 Å². The Balaban J connectivity index is 1.75. The van der Waals surface area contributed by atoms with Gasteiger partial charge in [0.05, 0.1) is 0 Å². The van der Waals surface area contributed by atoms with Crippen LogP contribution in [0.4, 0.5) is 5.13 Å². The maximum atomic E-state index is 11.5. The highest BCUT2D eigenvalue weighted by Gasteiger charge is 2.13. The van der Waals surface area contributed by atoms with Gasteiger partial charge in [-0.15, -0.1) is 11.3 Å². The molecule has 0 bridgehead atoms. The van der Waals surface area contributed by atoms with E-state index in [1.807, 2.05) is 17.7 Å². The Morgan fingerprint density at radius 3 is 2.79 bits per heavy atom. The second-order valence-corrected chi connectivity index (χ2v) is 4.61. The summed E-state index contributed by atoms with van der Waals surface area (Å²) in [5, 5.41) is 7.08. The third kappa shape index (κ3) is 3.62. The van der Waals surface area contributed by atoms with E-state index in [9.17, 15) is 9.59 Å². The standard InChI is InChI=1S/C11H13N5O2S/c1-8-12-2-5-16(8)6-3-13-9(17)10(18)15-11-14-4-7-19-11/h2,4-5,7H,3,6H2,1H3,(H,13,17)(H,14,15,18). The third-order valence-electron chi connectivity index (χ3n) is 2.42. The predicted molar refractivity (Wildman–Crippen MR) is 70.7 cm³/mol. The summed E-state index contributed by atoms with van der Waals surface area (Å²) in [6.07, 6.45) is 5.06. The molecule has 0 saturated heterocycles. The highest BCUT2D eigenvalue weighted by atomic mass is 32.1. The molecule has 2 amide bonds. The number of amides is 2. The summed E-state index contributed by atoms with van der Waals surface area (Å²) < 4.78 is 1.89. The number of hydrogen-bond donors (Lipinski definition) is 2. The molecule has 0 aliphatic heterocycles. The Morgan fingerprint density at radius 1 is 1.32 bits per heavy atom. The number of carbonyl (C=O) groups is 2. The number of thiazole rings is 1. The van der Waals surface area contributed by atoms with Crippen molar-refractivity contribution in [2.24, 2.45) is 0 Å². The fourth-order valence-electron chi connectivity index (χ4n) is 1.45. The maximum absolute atomic E-state index is 11.5. The number of nitrogens with one attached hydrogen (secondary N) is 2. The van der Waals surface area contributed by atoms with Crippen LogP contribution in [0.5, 0.6) is 0 Å². The van der Waals surface area contributed by atoms with E-state index in [1.165, 1.54) is 11.3 Å². The van der Waals surface area contributed by atoms with Gasteiger partial charge >= 0.3 is 11.8 Å². The van der Waals surface area contributed by atoms with Crippen LogP contribution >= 0.6 is 11.3 Å². The summed E-state index contributed by atoms with van der Waals surface area (Å²) in [5.41, 5.74) is 0. The van der Waals surface area contributed by atoms with Crippen molar-refractivity contribution in [2.45, 2.75) is 13.5 Å². The first-order chi connectivity index (χ1) is 9.16. The van der Waals surface area contributed by atoms with Crippen molar-refractivity contribution in [3.05, 3.63) is 29.8 Å². The average Bonchev–Trinajstić information content (AvgIpc) is 3.02. The van der Waals surface area contributed by atoms with E-state index in [-0.39, 0.29) is 0 Å². The summed E-state index contributed by atoms with van der Waals surface area (Å²) in [7, 11) is 0. The van der Waals surface area contributed by atoms with Crippen LogP contribution in [0.3, 0.4) is 0 Å². The highest BCUT2D eigenvalue weighted by Crippen LogP contribution is 2.09. The predicted octanol–water partition coefficient (Wildman–Crippen LogP) is 0.403. The van der Waals surface area contributed by atoms with Gasteiger partial charge in [-0.3, -0.25) is 14.9 Å². The van der Waals surface area contributed by atoms with Crippen molar-refractivity contribution in [3.63, 3.8) is 0 Å². The van der Waals surface area contributed by atoms with Gasteiger partial charge in [0, 0.05) is 37.1 Å². The molecule has 2 N–H and O–H groups in total. The van der Waals surface area contributed by atoms with Crippen LogP contribution in [0, 0.1) is 6.92 Å². The van der Waals surface area contributed by atoms with Gasteiger partial charge in [0.2, 0.25) is 0 Å². The van der Waals surface area contributed by atoms with E-state index in [2.05, 4.69) is 20.6 Å². The van der Waals surface area contributed by atoms with Gasteiger partial charge < -0.3 is 9.88 Å². The van der Waals surface area contributed by atoms with Crippen molar-refractivity contribution in [1.29, 1.82) is 0 Å². The minimum atomic E-state index is -0.711. The van der Waals surface area contributed by atoms with E-state index in [0.717, 1.165) is 5.82 Å². The number of aryl methyl sites for hydroxylation is 1. The first-order valence-corrected chi connectivity index (χ1v) is 6.51. The number of anilines is 1. The molecule has 2 heterocycles. The lowest BCUT2D eigenvalue weighted by atomic mass is 10.5. The normalized spacial score (nSPS) is 10.2. The summed E-state index contributed by atoms with van der Waals surface area (Å²) in [5.74, 6) is -0.522. The Kier molecular flexibility index (Phi) is 4.24. The van der Waals surface area contributed by atoms with E-state index in [1.54, 1.807) is 17.8 Å². The zero-order valence-electron chi connectivity index (χ0n) is 10.3. The zero-order valence-corrected chi connectivity index (χ0v) is 11.1. The molecule has 100 valence electrons. The second kappa shape index (κ2) is 6.10. The smallest absolute Gasteiger partial charge is 0.315 e. The van der Waals surface area contributed by atoms with Crippen LogP contribution in [0.25, 0.3) is 0 Å². The highest BCUT2D eigenvalue weighted by molar-refractivity contribution is 7.13. The lowest BCUT2D eigenvalue weighted by molar-refractivity contribution is -0.136. The van der Waals surface area contributed by atoms with Crippen molar-refractivity contribution < 1.29 is 9.59 Å². The molecule has 2 aromatic heterocycles. The molecule has 0 aromatic carbocycles. The number of imidazole rings is 1. The molecule has 0 radical (unpaired) electrons. The molecule has 19 heavy (non-hydrogen) atoms. The van der Waals surface area contributed by atoms with Crippen LogP contribution in [-0.2, 0) is 16.1 Å². The molecule has 0 saturated carbocycles. The first-order valence-electron chi connectivity index (χ1n) is 5.63. The molecule has 8 heteroatoms. The van der Waals surface area contributed by atoms with Crippen molar-refractivity contribution in [1.82, 2.24) is 19.9 Å². The van der Waals surface area contributed by atoms with Crippen LogP contribution < -0.4 is 10.6 Å². The monoisotopic (exact) mass is 279 g/mol. The fraction of sp³-hybridized carbons (Fsp3) is 0.273. The number of carbonyl (C=O) groups excluding carboxylic acids is 2. The van der Waals surface area contributed by atoms with Gasteiger partial charge in [-0.2, -0.15) is 0 Å².